The topological polar surface area (TPSA) is 79.3 Å². The Bertz CT molecular complexity index is 1250. The van der Waals surface area contributed by atoms with Crippen LogP contribution in [-0.4, -0.2) is 58.1 Å². The summed E-state index contributed by atoms with van der Waals surface area (Å²) in [5.41, 5.74) is 1.74. The fourth-order valence-electron chi connectivity index (χ4n) is 3.93. The van der Waals surface area contributed by atoms with E-state index in [2.05, 4.69) is 25.1 Å². The molecule has 0 atom stereocenters. The Morgan fingerprint density at radius 1 is 0.970 bits per heavy atom. The maximum atomic E-state index is 6.31. The first kappa shape index (κ1) is 21.4. The van der Waals surface area contributed by atoms with Crippen molar-refractivity contribution in [1.82, 2.24) is 24.8 Å². The zero-order chi connectivity index (χ0) is 22.6. The number of hydrogen-bond donors (Lipinski definition) is 1. The minimum absolute atomic E-state index is 0.543. The van der Waals surface area contributed by atoms with E-state index in [0.29, 0.717) is 17.3 Å². The summed E-state index contributed by atoms with van der Waals surface area (Å²) in [6.07, 6.45) is 3.56. The summed E-state index contributed by atoms with van der Waals surface area (Å²) in [6, 6.07) is 15.4. The van der Waals surface area contributed by atoms with Crippen LogP contribution in [0.3, 0.4) is 0 Å². The van der Waals surface area contributed by atoms with Gasteiger partial charge in [-0.05, 0) is 36.4 Å². The zero-order valence-corrected chi connectivity index (χ0v) is 19.0. The number of rotatable bonds is 6. The van der Waals surface area contributed by atoms with E-state index in [-0.39, 0.29) is 0 Å². The Hall–Kier alpha value is -3.49. The highest BCUT2D eigenvalue weighted by Gasteiger charge is 2.20. The van der Waals surface area contributed by atoms with Crippen molar-refractivity contribution >= 4 is 40.0 Å². The van der Waals surface area contributed by atoms with Crippen LogP contribution in [0.1, 0.15) is 5.82 Å². The van der Waals surface area contributed by atoms with Crippen LogP contribution in [0, 0.1) is 0 Å². The normalized spacial score (nSPS) is 14.4. The third kappa shape index (κ3) is 4.81. The van der Waals surface area contributed by atoms with E-state index in [1.165, 1.54) is 0 Å². The Labute approximate surface area is 197 Å². The molecule has 5 rings (SSSR count). The highest BCUT2D eigenvalue weighted by Crippen LogP contribution is 2.30. The van der Waals surface area contributed by atoms with E-state index in [1.54, 1.807) is 19.5 Å². The molecule has 33 heavy (non-hydrogen) atoms. The molecule has 1 aliphatic heterocycles. The first-order valence-corrected chi connectivity index (χ1v) is 11.2. The van der Waals surface area contributed by atoms with Crippen molar-refractivity contribution in [3.63, 3.8) is 0 Å². The summed E-state index contributed by atoms with van der Waals surface area (Å²) < 4.78 is 5.26. The number of nitrogens with one attached hydrogen (secondary N) is 1. The van der Waals surface area contributed by atoms with Crippen LogP contribution in [0.25, 0.3) is 10.9 Å². The van der Waals surface area contributed by atoms with E-state index < -0.39 is 0 Å². The van der Waals surface area contributed by atoms with Gasteiger partial charge in [-0.3, -0.25) is 4.90 Å². The van der Waals surface area contributed by atoms with Crippen molar-refractivity contribution in [2.45, 2.75) is 6.54 Å². The van der Waals surface area contributed by atoms with Crippen molar-refractivity contribution in [2.75, 3.05) is 43.5 Å². The standard InChI is InChI=1S/C24H24ClN7O/c1-33-21-8-7-17(15-19(21)25)28-23-18-5-2-3-6-20(18)29-22(30-23)16-31-11-13-32(14-12-31)24-26-9-4-10-27-24/h2-10,15H,11-14,16H2,1H3,(H,28,29,30). The number of aromatic nitrogens is 4. The second-order valence-corrected chi connectivity index (χ2v) is 8.20. The lowest BCUT2D eigenvalue weighted by atomic mass is 10.2. The molecule has 0 aliphatic carbocycles. The fraction of sp³-hybridized carbons (Fsp3) is 0.250. The predicted octanol–water partition coefficient (Wildman–Crippen LogP) is 4.15. The molecule has 0 saturated carbocycles. The SMILES string of the molecule is COc1ccc(Nc2nc(CN3CCN(c4ncccn4)CC3)nc3ccccc23)cc1Cl. The molecule has 0 radical (unpaired) electrons. The van der Waals surface area contributed by atoms with Gasteiger partial charge in [0.05, 0.1) is 24.2 Å². The van der Waals surface area contributed by atoms with Gasteiger partial charge < -0.3 is 15.0 Å². The van der Waals surface area contributed by atoms with Gasteiger partial charge in [0, 0.05) is 49.6 Å². The lowest BCUT2D eigenvalue weighted by molar-refractivity contribution is 0.243. The summed E-state index contributed by atoms with van der Waals surface area (Å²) in [5, 5.41) is 4.91. The van der Waals surface area contributed by atoms with Gasteiger partial charge in [-0.2, -0.15) is 0 Å². The minimum atomic E-state index is 0.543. The average molecular weight is 462 g/mol. The van der Waals surface area contributed by atoms with Gasteiger partial charge >= 0.3 is 0 Å². The molecule has 1 aliphatic rings. The highest BCUT2D eigenvalue weighted by atomic mass is 35.5. The van der Waals surface area contributed by atoms with Gasteiger partial charge in [0.2, 0.25) is 5.95 Å². The Balaban J connectivity index is 1.34. The molecular weight excluding hydrogens is 438 g/mol. The van der Waals surface area contributed by atoms with Crippen LogP contribution >= 0.6 is 11.6 Å². The molecule has 1 saturated heterocycles. The Morgan fingerprint density at radius 2 is 1.76 bits per heavy atom. The van der Waals surface area contributed by atoms with Gasteiger partial charge in [-0.15, -0.1) is 0 Å². The largest absolute Gasteiger partial charge is 0.495 e. The van der Waals surface area contributed by atoms with Crippen LogP contribution in [0.4, 0.5) is 17.5 Å². The van der Waals surface area contributed by atoms with E-state index in [1.807, 2.05) is 48.5 Å². The summed E-state index contributed by atoms with van der Waals surface area (Å²) in [7, 11) is 1.60. The number of para-hydroxylation sites is 1. The molecule has 2 aromatic carbocycles. The number of benzene rings is 2. The Kier molecular flexibility index (Phi) is 6.19. The number of methoxy groups -OCH3 is 1. The molecule has 2 aromatic heterocycles. The number of piperazine rings is 1. The van der Waals surface area contributed by atoms with Crippen LogP contribution in [0.15, 0.2) is 60.9 Å². The third-order valence-corrected chi connectivity index (χ3v) is 5.93. The number of nitrogens with zero attached hydrogens (tertiary/aromatic N) is 6. The van der Waals surface area contributed by atoms with Crippen molar-refractivity contribution in [1.29, 1.82) is 0 Å². The molecular formula is C24H24ClN7O. The molecule has 0 amide bonds. The molecule has 0 bridgehead atoms. The van der Waals surface area contributed by atoms with Crippen molar-refractivity contribution in [3.05, 3.63) is 71.8 Å². The average Bonchev–Trinajstić information content (AvgIpc) is 2.85. The number of halogens is 1. The van der Waals surface area contributed by atoms with E-state index in [9.17, 15) is 0 Å². The summed E-state index contributed by atoms with van der Waals surface area (Å²) in [5.74, 6) is 2.95. The molecule has 8 nitrogen and oxygen atoms in total. The molecule has 0 spiro atoms. The predicted molar refractivity (Wildman–Crippen MR) is 130 cm³/mol. The van der Waals surface area contributed by atoms with Crippen molar-refractivity contribution in [2.24, 2.45) is 0 Å². The quantitative estimate of drug-likeness (QED) is 0.458. The lowest BCUT2D eigenvalue weighted by Crippen LogP contribution is -2.46. The Morgan fingerprint density at radius 3 is 2.52 bits per heavy atom. The highest BCUT2D eigenvalue weighted by molar-refractivity contribution is 6.32. The molecule has 4 aromatic rings. The number of hydrogen-bond acceptors (Lipinski definition) is 8. The van der Waals surface area contributed by atoms with Gasteiger partial charge in [-0.25, -0.2) is 19.9 Å². The maximum absolute atomic E-state index is 6.31. The van der Waals surface area contributed by atoms with Crippen LogP contribution < -0.4 is 15.0 Å². The monoisotopic (exact) mass is 461 g/mol. The first-order valence-electron chi connectivity index (χ1n) is 10.8. The number of ether oxygens (including phenoxy) is 1. The smallest absolute Gasteiger partial charge is 0.225 e. The fourth-order valence-corrected chi connectivity index (χ4v) is 4.19. The van der Waals surface area contributed by atoms with E-state index in [4.69, 9.17) is 26.3 Å². The van der Waals surface area contributed by atoms with Gasteiger partial charge in [0.25, 0.3) is 0 Å². The van der Waals surface area contributed by atoms with Crippen molar-refractivity contribution in [3.8, 4) is 5.75 Å². The summed E-state index contributed by atoms with van der Waals surface area (Å²) in [6.45, 7) is 4.20. The van der Waals surface area contributed by atoms with E-state index in [0.717, 1.165) is 60.4 Å². The van der Waals surface area contributed by atoms with Gasteiger partial charge in [0.15, 0.2) is 0 Å². The van der Waals surface area contributed by atoms with Gasteiger partial charge in [-0.1, -0.05) is 23.7 Å². The first-order chi connectivity index (χ1) is 16.2. The van der Waals surface area contributed by atoms with Crippen LogP contribution in [0.2, 0.25) is 5.02 Å². The lowest BCUT2D eigenvalue weighted by Gasteiger charge is -2.34. The molecule has 1 N–H and O–H groups in total. The molecule has 1 fully saturated rings. The molecule has 3 heterocycles. The van der Waals surface area contributed by atoms with Crippen molar-refractivity contribution < 1.29 is 4.74 Å². The van der Waals surface area contributed by atoms with Gasteiger partial charge in [0.1, 0.15) is 17.4 Å². The zero-order valence-electron chi connectivity index (χ0n) is 18.3. The molecule has 0 unspecified atom stereocenters. The number of fused-ring (bicyclic) bond motifs is 1. The van der Waals surface area contributed by atoms with E-state index >= 15 is 0 Å². The molecule has 9 heteroatoms. The third-order valence-electron chi connectivity index (χ3n) is 5.64. The van der Waals surface area contributed by atoms with Crippen LogP contribution in [0.5, 0.6) is 5.75 Å². The molecule has 168 valence electrons. The summed E-state index contributed by atoms with van der Waals surface area (Å²) >= 11 is 6.31. The summed E-state index contributed by atoms with van der Waals surface area (Å²) in [4.78, 5) is 23.0. The second-order valence-electron chi connectivity index (χ2n) is 7.79. The maximum Gasteiger partial charge on any atom is 0.225 e. The minimum Gasteiger partial charge on any atom is -0.495 e. The number of anilines is 3. The van der Waals surface area contributed by atoms with Crippen LogP contribution in [-0.2, 0) is 6.54 Å². The second kappa shape index (κ2) is 9.56.